The number of carbonyl (C=O) groups excluding carboxylic acids is 1. The van der Waals surface area contributed by atoms with Gasteiger partial charge in [0, 0.05) is 0 Å². The van der Waals surface area contributed by atoms with E-state index in [0.717, 1.165) is 64.3 Å². The summed E-state index contributed by atoms with van der Waals surface area (Å²) in [6.45, 7) is 5.74. The second kappa shape index (κ2) is 15.8. The molecule has 1 unspecified atom stereocenters. The van der Waals surface area contributed by atoms with Gasteiger partial charge in [0.05, 0.1) is 12.5 Å². The molecule has 0 saturated heterocycles. The molecule has 0 aromatic heterocycles. The molecule has 3 nitrogen and oxygen atoms in total. The van der Waals surface area contributed by atoms with Crippen LogP contribution in [-0.4, -0.2) is 19.1 Å². The first-order valence-electron chi connectivity index (χ1n) is 9.12. The summed E-state index contributed by atoms with van der Waals surface area (Å²) in [6.07, 6.45) is 13.5. The van der Waals surface area contributed by atoms with Crippen molar-refractivity contribution in [3.8, 4) is 0 Å². The highest BCUT2D eigenvalue weighted by molar-refractivity contribution is 5.72. The number of esters is 1. The number of nitrogens with two attached hydrogens (primary N) is 1. The molecule has 1 atom stereocenters. The lowest BCUT2D eigenvalue weighted by Crippen LogP contribution is -2.18. The Hall–Kier alpha value is -0.570. The summed E-state index contributed by atoms with van der Waals surface area (Å²) in [5.74, 6) is 0.171. The second-order valence-corrected chi connectivity index (χ2v) is 6.06. The van der Waals surface area contributed by atoms with Gasteiger partial charge in [0.1, 0.15) is 0 Å². The number of unbranched alkanes of at least 4 members (excludes halogenated alkanes) is 7. The van der Waals surface area contributed by atoms with Gasteiger partial charge in [0.25, 0.3) is 0 Å². The second-order valence-electron chi connectivity index (χ2n) is 6.06. The zero-order valence-electron chi connectivity index (χ0n) is 14.4. The van der Waals surface area contributed by atoms with E-state index in [1.54, 1.807) is 0 Å². The zero-order chi connectivity index (χ0) is 15.8. The molecule has 0 saturated carbocycles. The van der Waals surface area contributed by atoms with Crippen molar-refractivity contribution >= 4 is 5.97 Å². The Morgan fingerprint density at radius 1 is 0.857 bits per heavy atom. The smallest absolute Gasteiger partial charge is 0.308 e. The highest BCUT2D eigenvalue weighted by Gasteiger charge is 2.18. The summed E-state index contributed by atoms with van der Waals surface area (Å²) < 4.78 is 5.47. The monoisotopic (exact) mass is 299 g/mol. The van der Waals surface area contributed by atoms with Crippen molar-refractivity contribution in [2.75, 3.05) is 13.2 Å². The fourth-order valence-corrected chi connectivity index (χ4v) is 2.54. The van der Waals surface area contributed by atoms with Gasteiger partial charge in [-0.3, -0.25) is 4.79 Å². The van der Waals surface area contributed by atoms with Crippen LogP contribution in [-0.2, 0) is 9.53 Å². The van der Waals surface area contributed by atoms with Crippen molar-refractivity contribution in [3.63, 3.8) is 0 Å². The number of rotatable bonds is 15. The molecular formula is C18H37NO2. The van der Waals surface area contributed by atoms with Crippen LogP contribution in [0.3, 0.4) is 0 Å². The summed E-state index contributed by atoms with van der Waals surface area (Å²) in [5, 5.41) is 0. The molecule has 3 heteroatoms. The van der Waals surface area contributed by atoms with E-state index in [9.17, 15) is 4.79 Å². The van der Waals surface area contributed by atoms with Crippen LogP contribution in [0.25, 0.3) is 0 Å². The fraction of sp³-hybridized carbons (Fsp3) is 0.944. The van der Waals surface area contributed by atoms with Gasteiger partial charge in [-0.25, -0.2) is 0 Å². The van der Waals surface area contributed by atoms with Crippen LogP contribution in [0.15, 0.2) is 0 Å². The van der Waals surface area contributed by atoms with Crippen LogP contribution >= 0.6 is 0 Å². The van der Waals surface area contributed by atoms with Gasteiger partial charge in [0.2, 0.25) is 0 Å². The molecule has 0 bridgehead atoms. The maximum atomic E-state index is 12.2. The van der Waals surface area contributed by atoms with Crippen molar-refractivity contribution in [1.29, 1.82) is 0 Å². The molecular weight excluding hydrogens is 262 g/mol. The van der Waals surface area contributed by atoms with Gasteiger partial charge in [-0.05, 0) is 32.2 Å². The molecule has 0 aliphatic carbocycles. The molecule has 0 aliphatic heterocycles. The first-order chi connectivity index (χ1) is 10.3. The van der Waals surface area contributed by atoms with E-state index in [2.05, 4.69) is 13.8 Å². The Bertz CT molecular complexity index is 231. The maximum absolute atomic E-state index is 12.2. The van der Waals surface area contributed by atoms with E-state index in [1.807, 2.05) is 0 Å². The van der Waals surface area contributed by atoms with Gasteiger partial charge in [-0.15, -0.1) is 0 Å². The third-order valence-electron chi connectivity index (χ3n) is 3.99. The van der Waals surface area contributed by atoms with E-state index in [-0.39, 0.29) is 11.9 Å². The number of carbonyl (C=O) groups is 1. The van der Waals surface area contributed by atoms with Gasteiger partial charge in [-0.1, -0.05) is 65.2 Å². The van der Waals surface area contributed by atoms with Gasteiger partial charge >= 0.3 is 5.97 Å². The normalized spacial score (nSPS) is 12.3. The Balaban J connectivity index is 3.83. The average Bonchev–Trinajstić information content (AvgIpc) is 2.49. The number of hydrogen-bond donors (Lipinski definition) is 1. The van der Waals surface area contributed by atoms with Crippen LogP contribution in [0.4, 0.5) is 0 Å². The predicted molar refractivity (Wildman–Crippen MR) is 90.3 cm³/mol. The highest BCUT2D eigenvalue weighted by atomic mass is 16.5. The third-order valence-corrected chi connectivity index (χ3v) is 3.99. The van der Waals surface area contributed by atoms with Crippen molar-refractivity contribution in [2.45, 2.75) is 90.9 Å². The molecule has 0 spiro atoms. The molecule has 0 aromatic rings. The fourth-order valence-electron chi connectivity index (χ4n) is 2.54. The summed E-state index contributed by atoms with van der Waals surface area (Å²) in [6, 6.07) is 0. The van der Waals surface area contributed by atoms with Crippen LogP contribution in [0, 0.1) is 5.92 Å². The van der Waals surface area contributed by atoms with E-state index < -0.39 is 0 Å². The summed E-state index contributed by atoms with van der Waals surface area (Å²) in [5.41, 5.74) is 5.46. The summed E-state index contributed by atoms with van der Waals surface area (Å²) in [7, 11) is 0. The van der Waals surface area contributed by atoms with Crippen LogP contribution in [0.5, 0.6) is 0 Å². The predicted octanol–water partition coefficient (Wildman–Crippen LogP) is 4.83. The van der Waals surface area contributed by atoms with Crippen molar-refractivity contribution in [1.82, 2.24) is 0 Å². The third kappa shape index (κ3) is 12.9. The largest absolute Gasteiger partial charge is 0.465 e. The molecule has 0 rings (SSSR count). The minimum Gasteiger partial charge on any atom is -0.465 e. The minimum absolute atomic E-state index is 0.0405. The molecule has 0 aromatic carbocycles. The molecule has 0 amide bonds. The van der Waals surface area contributed by atoms with Crippen LogP contribution in [0.1, 0.15) is 90.9 Å². The zero-order valence-corrected chi connectivity index (χ0v) is 14.4. The van der Waals surface area contributed by atoms with Crippen molar-refractivity contribution in [2.24, 2.45) is 11.7 Å². The van der Waals surface area contributed by atoms with E-state index in [1.165, 1.54) is 19.3 Å². The van der Waals surface area contributed by atoms with Crippen LogP contribution in [0.2, 0.25) is 0 Å². The van der Waals surface area contributed by atoms with Gasteiger partial charge in [-0.2, -0.15) is 0 Å². The lowest BCUT2D eigenvalue weighted by atomic mass is 9.95. The molecule has 21 heavy (non-hydrogen) atoms. The molecule has 126 valence electrons. The highest BCUT2D eigenvalue weighted by Crippen LogP contribution is 2.19. The molecule has 2 N–H and O–H groups in total. The Morgan fingerprint density at radius 3 is 2.14 bits per heavy atom. The minimum atomic E-state index is 0.0405. The number of hydrogen-bond acceptors (Lipinski definition) is 3. The first-order valence-corrected chi connectivity index (χ1v) is 9.12. The lowest BCUT2D eigenvalue weighted by Gasteiger charge is -2.15. The standard InChI is InChI=1S/C18H37NO2/c1-3-5-7-10-14-17(13-6-4-2)18(20)21-16-12-9-8-11-15-19/h17H,3-16,19H2,1-2H3. The van der Waals surface area contributed by atoms with E-state index in [4.69, 9.17) is 10.5 Å². The van der Waals surface area contributed by atoms with E-state index >= 15 is 0 Å². The summed E-state index contributed by atoms with van der Waals surface area (Å²) >= 11 is 0. The van der Waals surface area contributed by atoms with E-state index in [0.29, 0.717) is 6.61 Å². The Morgan fingerprint density at radius 2 is 1.48 bits per heavy atom. The topological polar surface area (TPSA) is 52.3 Å². The van der Waals surface area contributed by atoms with Crippen LogP contribution < -0.4 is 5.73 Å². The molecule has 0 aliphatic rings. The Labute approximate surface area is 132 Å². The first kappa shape index (κ1) is 20.4. The maximum Gasteiger partial charge on any atom is 0.308 e. The van der Waals surface area contributed by atoms with Gasteiger partial charge in [0.15, 0.2) is 0 Å². The number of ether oxygens (including phenoxy) is 1. The molecule has 0 radical (unpaired) electrons. The van der Waals surface area contributed by atoms with Crippen molar-refractivity contribution < 1.29 is 9.53 Å². The molecule has 0 heterocycles. The SMILES string of the molecule is CCCCCCC(CCCC)C(=O)OCCCCCCN. The summed E-state index contributed by atoms with van der Waals surface area (Å²) in [4.78, 5) is 12.2. The quantitative estimate of drug-likeness (QED) is 0.348. The lowest BCUT2D eigenvalue weighted by molar-refractivity contribution is -0.149. The van der Waals surface area contributed by atoms with Gasteiger partial charge < -0.3 is 10.5 Å². The molecule has 0 fully saturated rings. The Kier molecular flexibility index (Phi) is 15.4. The average molecular weight is 299 g/mol. The van der Waals surface area contributed by atoms with Crippen molar-refractivity contribution in [3.05, 3.63) is 0 Å².